The summed E-state index contributed by atoms with van der Waals surface area (Å²) in [5, 5.41) is 2.10. The number of anilines is 1. The van der Waals surface area contributed by atoms with Crippen LogP contribution in [0.1, 0.15) is 0 Å². The molecule has 1 aromatic carbocycles. The molecule has 1 heterocycles. The molecule has 1 radical (unpaired) electrons. The van der Waals surface area contributed by atoms with Gasteiger partial charge in [-0.15, -0.1) is 17.8 Å². The van der Waals surface area contributed by atoms with Gasteiger partial charge < -0.3 is 12.3 Å². The first-order valence-corrected chi connectivity index (χ1v) is 4.53. The number of hydrogen-bond donors (Lipinski definition) is 0. The normalized spacial score (nSPS) is 13.4. The Morgan fingerprint density at radius 1 is 1.38 bits per heavy atom. The summed E-state index contributed by atoms with van der Waals surface area (Å²) in [4.78, 5) is 2.17. The molecule has 0 bridgehead atoms. The maximum absolute atomic E-state index is 3.17. The van der Waals surface area contributed by atoms with Crippen LogP contribution >= 0.6 is 11.8 Å². The maximum atomic E-state index is 3.17. The molecule has 0 fully saturated rings. The van der Waals surface area contributed by atoms with E-state index >= 15 is 0 Å². The Morgan fingerprint density at radius 2 is 2.23 bits per heavy atom. The first kappa shape index (κ1) is 12.8. The summed E-state index contributed by atoms with van der Waals surface area (Å²) in [7, 11) is 0. The molecule has 0 N–H and O–H groups in total. The third kappa shape index (κ3) is 3.18. The van der Waals surface area contributed by atoms with Gasteiger partial charge in [0.1, 0.15) is 0 Å². The minimum atomic E-state index is 0. The van der Waals surface area contributed by atoms with Gasteiger partial charge in [0.05, 0.1) is 5.88 Å². The van der Waals surface area contributed by atoms with Crippen LogP contribution in [-0.4, -0.2) is 5.88 Å². The van der Waals surface area contributed by atoms with Crippen molar-refractivity contribution < 1.29 is 20.1 Å². The van der Waals surface area contributed by atoms with Crippen molar-refractivity contribution in [3.63, 3.8) is 0 Å². The largest absolute Gasteiger partial charge is 0.361 e. The minimum absolute atomic E-state index is 0. The van der Waals surface area contributed by atoms with Crippen LogP contribution < -0.4 is 4.90 Å². The fourth-order valence-corrected chi connectivity index (χ4v) is 1.70. The van der Waals surface area contributed by atoms with Crippen molar-refractivity contribution in [3.8, 4) is 0 Å². The Hall–Kier alpha value is -0.241. The summed E-state index contributed by atoms with van der Waals surface area (Å²) in [6, 6.07) is 11.2. The van der Waals surface area contributed by atoms with Crippen molar-refractivity contribution in [1.82, 2.24) is 0 Å². The van der Waals surface area contributed by atoms with E-state index in [1.807, 2.05) is 18.2 Å². The Balaban J connectivity index is 0.000000720. The summed E-state index contributed by atoms with van der Waals surface area (Å²) in [6.45, 7) is 0. The molecule has 0 spiro atoms. The van der Waals surface area contributed by atoms with Crippen LogP contribution in [-0.2, 0) is 20.1 Å². The molecule has 0 amide bonds. The molecule has 0 saturated heterocycles. The number of thioether (sulfide) groups is 1. The fourth-order valence-electron chi connectivity index (χ4n) is 0.995. The van der Waals surface area contributed by atoms with E-state index in [1.54, 1.807) is 11.8 Å². The van der Waals surface area contributed by atoms with Crippen molar-refractivity contribution in [2.45, 2.75) is 0 Å². The van der Waals surface area contributed by atoms with E-state index in [0.717, 1.165) is 11.6 Å². The van der Waals surface area contributed by atoms with E-state index in [-0.39, 0.29) is 27.5 Å². The predicted octanol–water partition coefficient (Wildman–Crippen LogP) is 2.92. The fraction of sp³-hybridized carbons (Fsp3) is 0.100. The average molecular weight is 369 g/mol. The zero-order valence-electron chi connectivity index (χ0n) is 7.36. The third-order valence-electron chi connectivity index (χ3n) is 1.55. The first-order valence-electron chi connectivity index (χ1n) is 3.48. The molecule has 0 aliphatic carbocycles. The number of rotatable bonds is 1. The molecule has 1 aliphatic heterocycles. The maximum Gasteiger partial charge on any atom is 0.0701 e. The first-order chi connectivity index (χ1) is 5.47. The molecule has 0 atom stereocenters. The van der Waals surface area contributed by atoms with Gasteiger partial charge in [0, 0.05) is 26.3 Å². The van der Waals surface area contributed by atoms with Gasteiger partial charge in [-0.2, -0.15) is 24.3 Å². The quantitative estimate of drug-likeness (QED) is 0.701. The van der Waals surface area contributed by atoms with Crippen LogP contribution in [0.2, 0.25) is 0 Å². The van der Waals surface area contributed by atoms with Crippen molar-refractivity contribution in [2.75, 3.05) is 10.8 Å². The number of para-hydroxylation sites is 1. The summed E-state index contributed by atoms with van der Waals surface area (Å²) in [5.74, 6) is 1.01. The van der Waals surface area contributed by atoms with Crippen molar-refractivity contribution in [1.29, 1.82) is 0 Å². The Morgan fingerprint density at radius 3 is 2.77 bits per heavy atom. The molecule has 1 aromatic rings. The van der Waals surface area contributed by atoms with Gasteiger partial charge in [-0.3, -0.25) is 0 Å². The van der Waals surface area contributed by atoms with Crippen molar-refractivity contribution >= 4 is 17.4 Å². The van der Waals surface area contributed by atoms with Gasteiger partial charge in [0.15, 0.2) is 0 Å². The summed E-state index contributed by atoms with van der Waals surface area (Å²) >= 11 is 1.80. The zero-order valence-corrected chi connectivity index (χ0v) is 10.6. The van der Waals surface area contributed by atoms with Crippen molar-refractivity contribution in [3.05, 3.63) is 49.4 Å². The van der Waals surface area contributed by atoms with E-state index in [4.69, 9.17) is 0 Å². The molecule has 2 rings (SSSR count). The van der Waals surface area contributed by atoms with E-state index in [2.05, 4.69) is 28.6 Å². The number of benzene rings is 1. The summed E-state index contributed by atoms with van der Waals surface area (Å²) in [6.07, 6.45) is 2.08. The molecule has 0 aromatic heterocycles. The SMILES string of the molecule is [CH3-].[Ir].[c-]1ccccc1N1C=CSC1. The molecule has 1 nitrogen and oxygen atoms in total. The van der Waals surface area contributed by atoms with Crippen LogP contribution in [0.3, 0.4) is 0 Å². The standard InChI is InChI=1S/C9H8NS.CH3.Ir/c1-2-4-9(5-3-1)10-6-7-11-8-10;;/h1-4,6-7H,8H2;1H3;/q2*-1;. The Kier molecular flexibility index (Phi) is 6.13. The predicted molar refractivity (Wildman–Crippen MR) is 55.8 cm³/mol. The van der Waals surface area contributed by atoms with Gasteiger partial charge >= 0.3 is 0 Å². The van der Waals surface area contributed by atoms with Crippen LogP contribution in [0.25, 0.3) is 0 Å². The second kappa shape index (κ2) is 6.25. The molecule has 0 unspecified atom stereocenters. The Labute approximate surface area is 97.6 Å². The van der Waals surface area contributed by atoms with Gasteiger partial charge in [0.25, 0.3) is 0 Å². The van der Waals surface area contributed by atoms with Crippen LogP contribution in [0.5, 0.6) is 0 Å². The molecule has 0 saturated carbocycles. The van der Waals surface area contributed by atoms with Crippen LogP contribution in [0.15, 0.2) is 35.9 Å². The molecule has 73 valence electrons. The van der Waals surface area contributed by atoms with E-state index < -0.39 is 0 Å². The molecule has 3 heteroatoms. The van der Waals surface area contributed by atoms with E-state index in [1.165, 1.54) is 0 Å². The van der Waals surface area contributed by atoms with E-state index in [0.29, 0.717) is 0 Å². The number of hydrogen-bond acceptors (Lipinski definition) is 2. The molecular formula is C10H11IrNS-2. The Bertz CT molecular complexity index is 261. The summed E-state index contributed by atoms with van der Waals surface area (Å²) < 4.78 is 0. The average Bonchev–Trinajstić information content (AvgIpc) is 2.58. The van der Waals surface area contributed by atoms with Crippen molar-refractivity contribution in [2.24, 2.45) is 0 Å². The van der Waals surface area contributed by atoms with Gasteiger partial charge in [0.2, 0.25) is 0 Å². The monoisotopic (exact) mass is 370 g/mol. The molecular weight excluding hydrogens is 358 g/mol. The minimum Gasteiger partial charge on any atom is -0.361 e. The van der Waals surface area contributed by atoms with Crippen LogP contribution in [0, 0.1) is 13.5 Å². The van der Waals surface area contributed by atoms with Gasteiger partial charge in [-0.25, -0.2) is 0 Å². The topological polar surface area (TPSA) is 3.24 Å². The van der Waals surface area contributed by atoms with Gasteiger partial charge in [-0.05, 0) is 5.41 Å². The zero-order chi connectivity index (χ0) is 7.52. The number of nitrogens with zero attached hydrogens (tertiary/aromatic N) is 1. The summed E-state index contributed by atoms with van der Waals surface area (Å²) in [5.41, 5.74) is 1.15. The van der Waals surface area contributed by atoms with E-state index in [9.17, 15) is 0 Å². The van der Waals surface area contributed by atoms with Crippen LogP contribution in [0.4, 0.5) is 5.69 Å². The molecule has 13 heavy (non-hydrogen) atoms. The smallest absolute Gasteiger partial charge is 0.0701 e. The third-order valence-corrected chi connectivity index (χ3v) is 2.29. The second-order valence-electron chi connectivity index (χ2n) is 2.30. The molecule has 1 aliphatic rings. The second-order valence-corrected chi connectivity index (χ2v) is 3.16. The van der Waals surface area contributed by atoms with Gasteiger partial charge in [-0.1, -0.05) is 5.69 Å².